The highest BCUT2D eigenvalue weighted by Crippen LogP contribution is 2.25. The van der Waals surface area contributed by atoms with Crippen LogP contribution in [-0.2, 0) is 7.05 Å². The van der Waals surface area contributed by atoms with Crippen LogP contribution in [0.1, 0.15) is 19.3 Å². The van der Waals surface area contributed by atoms with Crippen molar-refractivity contribution in [2.24, 2.45) is 7.05 Å². The van der Waals surface area contributed by atoms with Gasteiger partial charge in [0, 0.05) is 36.7 Å². The monoisotopic (exact) mass is 243 g/mol. The van der Waals surface area contributed by atoms with Crippen LogP contribution in [0, 0.1) is 0 Å². The van der Waals surface area contributed by atoms with E-state index in [0.717, 1.165) is 6.54 Å². The lowest BCUT2D eigenvalue weighted by Crippen LogP contribution is -2.39. The zero-order valence-corrected chi connectivity index (χ0v) is 10.9. The average molecular weight is 243 g/mol. The van der Waals surface area contributed by atoms with Crippen molar-refractivity contribution in [1.82, 2.24) is 9.88 Å². The highest BCUT2D eigenvalue weighted by atomic mass is 15.0. The van der Waals surface area contributed by atoms with E-state index in [1.807, 2.05) is 0 Å². The second-order valence-corrected chi connectivity index (χ2v) is 5.20. The Morgan fingerprint density at radius 2 is 2.22 bits per heavy atom. The number of para-hydroxylation sites is 1. The van der Waals surface area contributed by atoms with Crippen LogP contribution in [0.15, 0.2) is 30.5 Å². The highest BCUT2D eigenvalue weighted by molar-refractivity contribution is 5.92. The lowest BCUT2D eigenvalue weighted by Gasteiger charge is -2.23. The lowest BCUT2D eigenvalue weighted by molar-refractivity contribution is 0.414. The molecule has 2 aromatic rings. The van der Waals surface area contributed by atoms with Gasteiger partial charge in [0.15, 0.2) is 0 Å². The van der Waals surface area contributed by atoms with Crippen LogP contribution in [0.25, 0.3) is 10.9 Å². The van der Waals surface area contributed by atoms with Gasteiger partial charge in [-0.05, 0) is 25.5 Å². The van der Waals surface area contributed by atoms with Crippen molar-refractivity contribution in [3.63, 3.8) is 0 Å². The number of rotatable bonds is 3. The molecule has 18 heavy (non-hydrogen) atoms. The van der Waals surface area contributed by atoms with E-state index in [9.17, 15) is 0 Å². The summed E-state index contributed by atoms with van der Waals surface area (Å²) in [6, 6.07) is 9.17. The summed E-state index contributed by atoms with van der Waals surface area (Å²) in [7, 11) is 2.10. The number of anilines is 1. The smallest absolute Gasteiger partial charge is 0.0600 e. The van der Waals surface area contributed by atoms with E-state index in [1.54, 1.807) is 0 Å². The van der Waals surface area contributed by atoms with Crippen LogP contribution >= 0.6 is 0 Å². The van der Waals surface area contributed by atoms with Gasteiger partial charge in [0.1, 0.15) is 0 Å². The molecule has 1 fully saturated rings. The molecule has 3 rings (SSSR count). The van der Waals surface area contributed by atoms with Gasteiger partial charge in [-0.2, -0.15) is 0 Å². The number of aryl methyl sites for hydroxylation is 1. The first-order valence-corrected chi connectivity index (χ1v) is 6.86. The van der Waals surface area contributed by atoms with Crippen LogP contribution < -0.4 is 10.6 Å². The van der Waals surface area contributed by atoms with Gasteiger partial charge in [-0.3, -0.25) is 0 Å². The zero-order chi connectivity index (χ0) is 12.4. The van der Waals surface area contributed by atoms with E-state index in [-0.39, 0.29) is 0 Å². The van der Waals surface area contributed by atoms with Crippen LogP contribution in [0.3, 0.4) is 0 Å². The molecule has 0 amide bonds. The van der Waals surface area contributed by atoms with Gasteiger partial charge in [0.2, 0.25) is 0 Å². The topological polar surface area (TPSA) is 29.0 Å². The molecule has 0 saturated carbocycles. The molecule has 0 aliphatic carbocycles. The molecule has 1 aromatic heterocycles. The Kier molecular flexibility index (Phi) is 3.24. The number of nitrogens with one attached hydrogen (secondary N) is 2. The molecule has 96 valence electrons. The summed E-state index contributed by atoms with van der Waals surface area (Å²) in [5.74, 6) is 0. The Morgan fingerprint density at radius 3 is 3.06 bits per heavy atom. The largest absolute Gasteiger partial charge is 0.382 e. The van der Waals surface area contributed by atoms with Gasteiger partial charge in [0.05, 0.1) is 5.69 Å². The quantitative estimate of drug-likeness (QED) is 0.868. The van der Waals surface area contributed by atoms with E-state index in [0.29, 0.717) is 6.04 Å². The standard InChI is InChI=1S/C15H21N3/c1-18-11-14(13-7-2-3-8-15(13)18)17-10-12-6-4-5-9-16-12/h2-3,7-8,11-12,16-17H,4-6,9-10H2,1H3. The normalized spacial score (nSPS) is 20.2. The molecule has 3 heteroatoms. The molecule has 1 aliphatic heterocycles. The summed E-state index contributed by atoms with van der Waals surface area (Å²) in [6.07, 6.45) is 6.16. The number of piperidine rings is 1. The Balaban J connectivity index is 1.74. The third-order valence-corrected chi connectivity index (χ3v) is 3.85. The Morgan fingerprint density at radius 1 is 1.33 bits per heavy atom. The van der Waals surface area contributed by atoms with Gasteiger partial charge >= 0.3 is 0 Å². The summed E-state index contributed by atoms with van der Waals surface area (Å²) in [4.78, 5) is 0. The third-order valence-electron chi connectivity index (χ3n) is 3.85. The molecule has 1 saturated heterocycles. The second kappa shape index (κ2) is 5.02. The fourth-order valence-corrected chi connectivity index (χ4v) is 2.81. The van der Waals surface area contributed by atoms with Gasteiger partial charge in [0.25, 0.3) is 0 Å². The molecule has 1 aliphatic rings. The van der Waals surface area contributed by atoms with E-state index < -0.39 is 0 Å². The molecule has 2 heterocycles. The fraction of sp³-hybridized carbons (Fsp3) is 0.467. The van der Waals surface area contributed by atoms with E-state index in [1.165, 1.54) is 42.4 Å². The predicted octanol–water partition coefficient (Wildman–Crippen LogP) is 2.73. The van der Waals surface area contributed by atoms with Crippen LogP contribution in [-0.4, -0.2) is 23.7 Å². The van der Waals surface area contributed by atoms with Crippen LogP contribution in [0.2, 0.25) is 0 Å². The van der Waals surface area contributed by atoms with Crippen molar-refractivity contribution in [1.29, 1.82) is 0 Å². The lowest BCUT2D eigenvalue weighted by atomic mass is 10.1. The minimum absolute atomic E-state index is 0.623. The van der Waals surface area contributed by atoms with Crippen molar-refractivity contribution in [2.75, 3.05) is 18.4 Å². The van der Waals surface area contributed by atoms with Crippen molar-refractivity contribution in [2.45, 2.75) is 25.3 Å². The molecule has 0 bridgehead atoms. The zero-order valence-electron chi connectivity index (χ0n) is 10.9. The number of nitrogens with zero attached hydrogens (tertiary/aromatic N) is 1. The fourth-order valence-electron chi connectivity index (χ4n) is 2.81. The third kappa shape index (κ3) is 2.23. The summed E-state index contributed by atoms with van der Waals surface area (Å²) in [6.45, 7) is 2.19. The van der Waals surface area contributed by atoms with Gasteiger partial charge in [-0.1, -0.05) is 24.6 Å². The second-order valence-electron chi connectivity index (χ2n) is 5.20. The van der Waals surface area contributed by atoms with Crippen molar-refractivity contribution in [3.05, 3.63) is 30.5 Å². The maximum atomic E-state index is 3.59. The summed E-state index contributed by atoms with van der Waals surface area (Å²) in [5.41, 5.74) is 2.54. The predicted molar refractivity (Wildman–Crippen MR) is 77.1 cm³/mol. The van der Waals surface area contributed by atoms with E-state index in [2.05, 4.69) is 52.7 Å². The van der Waals surface area contributed by atoms with Crippen molar-refractivity contribution in [3.8, 4) is 0 Å². The van der Waals surface area contributed by atoms with Crippen molar-refractivity contribution < 1.29 is 0 Å². The van der Waals surface area contributed by atoms with Gasteiger partial charge < -0.3 is 15.2 Å². The molecule has 3 nitrogen and oxygen atoms in total. The number of hydrogen-bond acceptors (Lipinski definition) is 2. The van der Waals surface area contributed by atoms with E-state index in [4.69, 9.17) is 0 Å². The van der Waals surface area contributed by atoms with Crippen molar-refractivity contribution >= 4 is 16.6 Å². The van der Waals surface area contributed by atoms with Crippen LogP contribution in [0.4, 0.5) is 5.69 Å². The van der Waals surface area contributed by atoms with Gasteiger partial charge in [-0.15, -0.1) is 0 Å². The summed E-state index contributed by atoms with van der Waals surface area (Å²) < 4.78 is 2.19. The Hall–Kier alpha value is -1.48. The number of hydrogen-bond donors (Lipinski definition) is 2. The first-order valence-electron chi connectivity index (χ1n) is 6.86. The molecular formula is C15H21N3. The highest BCUT2D eigenvalue weighted by Gasteiger charge is 2.13. The minimum atomic E-state index is 0.623. The van der Waals surface area contributed by atoms with Crippen LogP contribution in [0.5, 0.6) is 0 Å². The minimum Gasteiger partial charge on any atom is -0.382 e. The molecule has 1 unspecified atom stereocenters. The molecule has 0 radical (unpaired) electrons. The molecule has 2 N–H and O–H groups in total. The Bertz CT molecular complexity index is 524. The SMILES string of the molecule is Cn1cc(NCC2CCCCN2)c2ccccc21. The number of aromatic nitrogens is 1. The first-order chi connectivity index (χ1) is 8.84. The number of fused-ring (bicyclic) bond motifs is 1. The van der Waals surface area contributed by atoms with E-state index >= 15 is 0 Å². The first kappa shape index (κ1) is 11.6. The molecule has 0 spiro atoms. The Labute approximate surface area is 108 Å². The average Bonchev–Trinajstić information content (AvgIpc) is 2.75. The number of benzene rings is 1. The molecule has 1 atom stereocenters. The molecular weight excluding hydrogens is 222 g/mol. The summed E-state index contributed by atoms with van der Waals surface area (Å²) >= 11 is 0. The molecule has 1 aromatic carbocycles. The summed E-state index contributed by atoms with van der Waals surface area (Å²) in [5, 5.41) is 8.49. The maximum absolute atomic E-state index is 3.59. The van der Waals surface area contributed by atoms with Gasteiger partial charge in [-0.25, -0.2) is 0 Å². The maximum Gasteiger partial charge on any atom is 0.0600 e.